The summed E-state index contributed by atoms with van der Waals surface area (Å²) in [5.74, 6) is 2.29. The summed E-state index contributed by atoms with van der Waals surface area (Å²) in [4.78, 5) is 12.9. The van der Waals surface area contributed by atoms with Gasteiger partial charge in [-0.3, -0.25) is 4.79 Å². The normalized spacial score (nSPS) is 26.4. The minimum Gasteiger partial charge on any atom is -0.404 e. The Balaban J connectivity index is 1.81. The lowest BCUT2D eigenvalue weighted by atomic mass is 9.64. The van der Waals surface area contributed by atoms with Crippen LogP contribution in [0.15, 0.2) is 84.5 Å². The van der Waals surface area contributed by atoms with Crippen LogP contribution in [0.3, 0.4) is 0 Å². The van der Waals surface area contributed by atoms with E-state index >= 15 is 0 Å². The van der Waals surface area contributed by atoms with E-state index in [1.54, 1.807) is 0 Å². The minimum absolute atomic E-state index is 0.0535. The topological polar surface area (TPSA) is 26.3 Å². The van der Waals surface area contributed by atoms with Gasteiger partial charge in [-0.25, -0.2) is 0 Å². The molecule has 0 radical (unpaired) electrons. The molecule has 0 unspecified atom stereocenters. The Morgan fingerprint density at radius 2 is 1.49 bits per heavy atom. The van der Waals surface area contributed by atoms with Gasteiger partial charge in [-0.1, -0.05) is 119 Å². The molecule has 0 saturated heterocycles. The first kappa shape index (κ1) is 27.8. The first-order chi connectivity index (χ1) is 17.6. The largest absolute Gasteiger partial charge is 0.404 e. The molecular formula is C34H46O2Si. The van der Waals surface area contributed by atoms with Crippen molar-refractivity contribution in [3.8, 4) is 0 Å². The van der Waals surface area contributed by atoms with Crippen LogP contribution in [0.2, 0.25) is 5.04 Å². The van der Waals surface area contributed by atoms with Crippen LogP contribution < -0.4 is 10.4 Å². The molecule has 0 heterocycles. The van der Waals surface area contributed by atoms with Crippen molar-refractivity contribution in [2.75, 3.05) is 0 Å². The highest BCUT2D eigenvalue weighted by Crippen LogP contribution is 2.45. The summed E-state index contributed by atoms with van der Waals surface area (Å²) in [6, 6.07) is 22.0. The van der Waals surface area contributed by atoms with Crippen LogP contribution in [-0.2, 0) is 9.22 Å². The predicted molar refractivity (Wildman–Crippen MR) is 159 cm³/mol. The molecule has 4 rings (SSSR count). The number of ketones is 1. The molecule has 0 amide bonds. The van der Waals surface area contributed by atoms with Gasteiger partial charge >= 0.3 is 0 Å². The molecule has 2 aliphatic carbocycles. The highest BCUT2D eigenvalue weighted by molar-refractivity contribution is 6.99. The minimum atomic E-state index is -2.66. The van der Waals surface area contributed by atoms with E-state index in [2.05, 4.69) is 120 Å². The third kappa shape index (κ3) is 5.94. The molecule has 4 atom stereocenters. The van der Waals surface area contributed by atoms with Gasteiger partial charge in [0.1, 0.15) is 5.78 Å². The van der Waals surface area contributed by atoms with Gasteiger partial charge in [0.2, 0.25) is 0 Å². The van der Waals surface area contributed by atoms with Gasteiger partial charge in [-0.05, 0) is 65.3 Å². The Labute approximate surface area is 226 Å². The predicted octanol–water partition coefficient (Wildman–Crippen LogP) is 7.49. The number of Topliss-reactive ketones (excluding diaryl/α,β-unsaturated/α-hetero) is 1. The van der Waals surface area contributed by atoms with E-state index in [-0.39, 0.29) is 11.1 Å². The van der Waals surface area contributed by atoms with Gasteiger partial charge in [0, 0.05) is 18.9 Å². The molecule has 0 aromatic heterocycles. The number of allylic oxidation sites excluding steroid dienone is 3. The summed E-state index contributed by atoms with van der Waals surface area (Å²) in [6.07, 6.45) is 11.0. The highest BCUT2D eigenvalue weighted by atomic mass is 28.4. The fraction of sp³-hybridized carbons (Fsp3) is 0.500. The Bertz CT molecular complexity index is 1050. The molecule has 0 saturated carbocycles. The molecule has 2 aromatic rings. The molecule has 0 N–H and O–H groups in total. The van der Waals surface area contributed by atoms with E-state index in [0.29, 0.717) is 42.3 Å². The van der Waals surface area contributed by atoms with Gasteiger partial charge in [-0.15, -0.1) is 0 Å². The highest BCUT2D eigenvalue weighted by Gasteiger charge is 2.52. The number of carbonyl (C=O) groups is 1. The van der Waals surface area contributed by atoms with Crippen LogP contribution >= 0.6 is 0 Å². The van der Waals surface area contributed by atoms with Crippen molar-refractivity contribution in [1.29, 1.82) is 0 Å². The van der Waals surface area contributed by atoms with E-state index in [9.17, 15) is 4.79 Å². The van der Waals surface area contributed by atoms with E-state index in [4.69, 9.17) is 4.43 Å². The van der Waals surface area contributed by atoms with Crippen molar-refractivity contribution in [2.24, 2.45) is 23.7 Å². The van der Waals surface area contributed by atoms with E-state index in [1.165, 1.54) is 15.9 Å². The second-order valence-electron chi connectivity index (χ2n) is 12.7. The fourth-order valence-electron chi connectivity index (χ4n) is 6.93. The van der Waals surface area contributed by atoms with Crippen molar-refractivity contribution >= 4 is 24.5 Å². The molecule has 0 bridgehead atoms. The average molecular weight is 515 g/mol. The molecule has 0 spiro atoms. The number of hydrogen-bond acceptors (Lipinski definition) is 2. The summed E-state index contributed by atoms with van der Waals surface area (Å²) in [5, 5.41) is 2.61. The lowest BCUT2D eigenvalue weighted by Gasteiger charge is -2.47. The average Bonchev–Trinajstić information content (AvgIpc) is 2.86. The Hall–Kier alpha value is -2.23. The van der Waals surface area contributed by atoms with Crippen molar-refractivity contribution in [2.45, 2.75) is 84.8 Å². The fourth-order valence-corrected chi connectivity index (χ4v) is 11.6. The smallest absolute Gasteiger partial charge is 0.261 e. The van der Waals surface area contributed by atoms with E-state index in [0.717, 1.165) is 19.3 Å². The van der Waals surface area contributed by atoms with Crippen molar-refractivity contribution in [1.82, 2.24) is 0 Å². The lowest BCUT2D eigenvalue weighted by Crippen LogP contribution is -2.67. The Kier molecular flexibility index (Phi) is 8.76. The quantitative estimate of drug-likeness (QED) is 0.305. The zero-order chi connectivity index (χ0) is 26.6. The summed E-state index contributed by atoms with van der Waals surface area (Å²) in [6.45, 7) is 14.0. The van der Waals surface area contributed by atoms with Gasteiger partial charge in [0.05, 0.1) is 0 Å². The second-order valence-corrected chi connectivity index (χ2v) is 16.9. The third-order valence-corrected chi connectivity index (χ3v) is 14.0. The molecule has 2 aliphatic rings. The first-order valence-corrected chi connectivity index (χ1v) is 16.2. The molecule has 3 heteroatoms. The zero-order valence-corrected chi connectivity index (χ0v) is 24.7. The SMILES string of the molecule is CC1=CC[C@H](C(C)C)[C@H]2CC(=O)C/C=C\C[C@@H](O[Si](c3ccccc3)(c3ccccc3)C(C)(C)C)C[C@@H]12. The van der Waals surface area contributed by atoms with Gasteiger partial charge in [0.15, 0.2) is 0 Å². The van der Waals surface area contributed by atoms with Crippen LogP contribution in [-0.4, -0.2) is 20.2 Å². The standard InChI is InChI=1S/C34H46O2Si/c1-25(2)31-22-21-26(3)32-24-28(16-14-13-15-27(35)23-33(31)32)36-37(34(4,5)6,29-17-9-7-10-18-29)30-19-11-8-12-20-30/h7-14,17-21,25,28,31-33H,15-16,22-24H2,1-6H3/b14-13-/t28-,31-,32+,33-/m1/s1. The van der Waals surface area contributed by atoms with Crippen LogP contribution in [0.1, 0.15) is 73.6 Å². The van der Waals surface area contributed by atoms with Gasteiger partial charge in [-0.2, -0.15) is 0 Å². The first-order valence-electron chi connectivity index (χ1n) is 14.3. The van der Waals surface area contributed by atoms with Crippen LogP contribution in [0, 0.1) is 23.7 Å². The monoisotopic (exact) mass is 514 g/mol. The number of carbonyl (C=O) groups excluding carboxylic acids is 1. The molecule has 0 fully saturated rings. The number of rotatable bonds is 5. The number of hydrogen-bond donors (Lipinski definition) is 0. The maximum Gasteiger partial charge on any atom is 0.261 e. The van der Waals surface area contributed by atoms with E-state index in [1.807, 2.05) is 0 Å². The summed E-state index contributed by atoms with van der Waals surface area (Å²) in [5.41, 5.74) is 1.45. The van der Waals surface area contributed by atoms with Crippen molar-refractivity contribution in [3.05, 3.63) is 84.5 Å². The van der Waals surface area contributed by atoms with Crippen LogP contribution in [0.25, 0.3) is 0 Å². The number of benzene rings is 2. The number of fused-ring (bicyclic) bond motifs is 1. The molecule has 0 aliphatic heterocycles. The van der Waals surface area contributed by atoms with Crippen molar-refractivity contribution in [3.63, 3.8) is 0 Å². The van der Waals surface area contributed by atoms with Crippen LogP contribution in [0.5, 0.6) is 0 Å². The molecule has 2 nitrogen and oxygen atoms in total. The zero-order valence-electron chi connectivity index (χ0n) is 23.7. The van der Waals surface area contributed by atoms with Crippen molar-refractivity contribution < 1.29 is 9.22 Å². The molecule has 198 valence electrons. The second kappa shape index (κ2) is 11.7. The maximum atomic E-state index is 12.9. The Morgan fingerprint density at radius 3 is 2.03 bits per heavy atom. The van der Waals surface area contributed by atoms with Gasteiger partial charge in [0.25, 0.3) is 8.32 Å². The third-order valence-electron chi connectivity index (χ3n) is 8.87. The Morgan fingerprint density at radius 1 is 0.892 bits per heavy atom. The van der Waals surface area contributed by atoms with Gasteiger partial charge < -0.3 is 4.43 Å². The molecule has 2 aromatic carbocycles. The summed E-state index contributed by atoms with van der Waals surface area (Å²) < 4.78 is 7.64. The van der Waals surface area contributed by atoms with Crippen LogP contribution in [0.4, 0.5) is 0 Å². The molecular weight excluding hydrogens is 468 g/mol. The molecule has 37 heavy (non-hydrogen) atoms. The van der Waals surface area contributed by atoms with E-state index < -0.39 is 8.32 Å². The lowest BCUT2D eigenvalue weighted by molar-refractivity contribution is -0.120. The maximum absolute atomic E-state index is 12.9. The summed E-state index contributed by atoms with van der Waals surface area (Å²) >= 11 is 0. The summed E-state index contributed by atoms with van der Waals surface area (Å²) in [7, 11) is -2.66.